The first kappa shape index (κ1) is 10.3. The van der Waals surface area contributed by atoms with Gasteiger partial charge in [0, 0.05) is 6.04 Å². The molecule has 7 heteroatoms. The summed E-state index contributed by atoms with van der Waals surface area (Å²) < 4.78 is 0. The normalized spacial score (nSPS) is 10.2. The van der Waals surface area contributed by atoms with Crippen LogP contribution in [0.25, 0.3) is 0 Å². The van der Waals surface area contributed by atoms with Gasteiger partial charge in [-0.15, -0.1) is 5.10 Å². The van der Waals surface area contributed by atoms with Gasteiger partial charge in [-0.3, -0.25) is 4.79 Å². The van der Waals surface area contributed by atoms with Gasteiger partial charge in [0.25, 0.3) is 0 Å². The number of hydrogen-bond donors (Lipinski definition) is 4. The van der Waals surface area contributed by atoms with Crippen molar-refractivity contribution in [3.63, 3.8) is 0 Å². The minimum atomic E-state index is -0.108. The zero-order valence-electron chi connectivity index (χ0n) is 8.16. The molecular formula is C7H14N6O. The Kier molecular flexibility index (Phi) is 3.27. The largest absolute Gasteiger partial charge is 0.368 e. The number of aromatic amines is 1. The van der Waals surface area contributed by atoms with Crippen molar-refractivity contribution in [1.29, 1.82) is 0 Å². The first-order valence-corrected chi connectivity index (χ1v) is 4.29. The molecule has 7 nitrogen and oxygen atoms in total. The Labute approximate surface area is 81.5 Å². The number of nitrogens with one attached hydrogen (secondary N) is 3. The van der Waals surface area contributed by atoms with Crippen molar-refractivity contribution >= 4 is 17.8 Å². The summed E-state index contributed by atoms with van der Waals surface area (Å²) in [5.74, 6) is 0.432. The van der Waals surface area contributed by atoms with Crippen molar-refractivity contribution < 1.29 is 4.79 Å². The highest BCUT2D eigenvalue weighted by Crippen LogP contribution is 1.97. The number of amides is 1. The van der Waals surface area contributed by atoms with Crippen LogP contribution in [0.3, 0.4) is 0 Å². The van der Waals surface area contributed by atoms with Crippen LogP contribution in [0, 0.1) is 0 Å². The minimum Gasteiger partial charge on any atom is -0.368 e. The highest BCUT2D eigenvalue weighted by molar-refractivity contribution is 5.80. The number of nitrogen functional groups attached to an aromatic ring is 1. The highest BCUT2D eigenvalue weighted by Gasteiger charge is 2.04. The lowest BCUT2D eigenvalue weighted by Gasteiger charge is -2.07. The zero-order valence-corrected chi connectivity index (χ0v) is 8.16. The van der Waals surface area contributed by atoms with Crippen LogP contribution in [0.4, 0.5) is 11.9 Å². The molecule has 1 aromatic heterocycles. The third kappa shape index (κ3) is 3.30. The molecule has 0 aliphatic heterocycles. The number of aromatic nitrogens is 3. The van der Waals surface area contributed by atoms with E-state index < -0.39 is 0 Å². The Morgan fingerprint density at radius 2 is 2.36 bits per heavy atom. The summed E-state index contributed by atoms with van der Waals surface area (Å²) in [4.78, 5) is 14.9. The third-order valence-corrected chi connectivity index (χ3v) is 1.36. The van der Waals surface area contributed by atoms with Crippen molar-refractivity contribution in [3.8, 4) is 0 Å². The summed E-state index contributed by atoms with van der Waals surface area (Å²) in [6.07, 6.45) is 0. The molecule has 0 aliphatic carbocycles. The summed E-state index contributed by atoms with van der Waals surface area (Å²) in [6.45, 7) is 3.92. The van der Waals surface area contributed by atoms with Crippen LogP contribution >= 0.6 is 0 Å². The van der Waals surface area contributed by atoms with Gasteiger partial charge >= 0.3 is 0 Å². The SMILES string of the molecule is CC(C)NC(=O)CNc1n[nH]c(N)n1. The summed E-state index contributed by atoms with van der Waals surface area (Å²) in [5, 5.41) is 11.6. The van der Waals surface area contributed by atoms with Crippen LogP contribution in [0.5, 0.6) is 0 Å². The van der Waals surface area contributed by atoms with Gasteiger partial charge in [0.1, 0.15) is 0 Å². The first-order chi connectivity index (χ1) is 6.58. The second-order valence-electron chi connectivity index (χ2n) is 3.12. The summed E-state index contributed by atoms with van der Waals surface area (Å²) >= 11 is 0. The van der Waals surface area contributed by atoms with Gasteiger partial charge in [-0.1, -0.05) is 0 Å². The molecule has 0 atom stereocenters. The zero-order chi connectivity index (χ0) is 10.6. The van der Waals surface area contributed by atoms with Crippen molar-refractivity contribution in [2.24, 2.45) is 0 Å². The molecule has 0 saturated carbocycles. The third-order valence-electron chi connectivity index (χ3n) is 1.36. The lowest BCUT2D eigenvalue weighted by molar-refractivity contribution is -0.119. The highest BCUT2D eigenvalue weighted by atomic mass is 16.1. The van der Waals surface area contributed by atoms with Gasteiger partial charge in [0.05, 0.1) is 6.54 Å². The van der Waals surface area contributed by atoms with Crippen LogP contribution < -0.4 is 16.4 Å². The number of anilines is 2. The topological polar surface area (TPSA) is 109 Å². The van der Waals surface area contributed by atoms with E-state index in [9.17, 15) is 4.79 Å². The number of H-pyrrole nitrogens is 1. The Morgan fingerprint density at radius 1 is 1.64 bits per heavy atom. The minimum absolute atomic E-state index is 0.108. The summed E-state index contributed by atoms with van der Waals surface area (Å²) in [6, 6.07) is 0.126. The average Bonchev–Trinajstić information content (AvgIpc) is 2.47. The Morgan fingerprint density at radius 3 is 2.86 bits per heavy atom. The van der Waals surface area contributed by atoms with Crippen molar-refractivity contribution in [2.75, 3.05) is 17.6 Å². The summed E-state index contributed by atoms with van der Waals surface area (Å²) in [7, 11) is 0. The number of nitrogens with zero attached hydrogens (tertiary/aromatic N) is 2. The maximum atomic E-state index is 11.2. The average molecular weight is 198 g/mol. The molecule has 78 valence electrons. The number of carbonyl (C=O) groups excluding carboxylic acids is 1. The van der Waals surface area contributed by atoms with Gasteiger partial charge in [-0.05, 0) is 13.8 Å². The Balaban J connectivity index is 2.30. The van der Waals surface area contributed by atoms with Gasteiger partial charge < -0.3 is 16.4 Å². The lowest BCUT2D eigenvalue weighted by atomic mass is 10.4. The van der Waals surface area contributed by atoms with Gasteiger partial charge in [-0.25, -0.2) is 5.10 Å². The maximum Gasteiger partial charge on any atom is 0.244 e. The Bertz CT molecular complexity index is 307. The van der Waals surface area contributed by atoms with Crippen LogP contribution in [-0.4, -0.2) is 33.7 Å². The number of rotatable bonds is 4. The standard InChI is InChI=1S/C7H14N6O/c1-4(2)10-5(14)3-9-7-11-6(8)12-13-7/h4H,3H2,1-2H3,(H,10,14)(H4,8,9,11,12,13). The molecule has 1 amide bonds. The fourth-order valence-electron chi connectivity index (χ4n) is 0.886. The van der Waals surface area contributed by atoms with Crippen LogP contribution in [0.2, 0.25) is 0 Å². The van der Waals surface area contributed by atoms with E-state index in [2.05, 4.69) is 25.8 Å². The summed E-state index contributed by atoms with van der Waals surface area (Å²) in [5.41, 5.74) is 5.30. The van der Waals surface area contributed by atoms with E-state index in [0.717, 1.165) is 0 Å². The predicted octanol–water partition coefficient (Wildman–Crippen LogP) is -0.677. The van der Waals surface area contributed by atoms with E-state index in [1.165, 1.54) is 0 Å². The Hall–Kier alpha value is -1.79. The second kappa shape index (κ2) is 4.45. The van der Waals surface area contributed by atoms with E-state index in [1.807, 2.05) is 13.8 Å². The number of carbonyl (C=O) groups is 1. The van der Waals surface area contributed by atoms with E-state index in [0.29, 0.717) is 5.95 Å². The molecule has 0 saturated heterocycles. The fourth-order valence-corrected chi connectivity index (χ4v) is 0.886. The van der Waals surface area contributed by atoms with Crippen LogP contribution in [0.1, 0.15) is 13.8 Å². The molecular weight excluding hydrogens is 184 g/mol. The van der Waals surface area contributed by atoms with Crippen molar-refractivity contribution in [1.82, 2.24) is 20.5 Å². The van der Waals surface area contributed by atoms with Crippen LogP contribution in [0.15, 0.2) is 0 Å². The molecule has 1 rings (SSSR count). The fraction of sp³-hybridized carbons (Fsp3) is 0.571. The molecule has 0 aromatic carbocycles. The van der Waals surface area contributed by atoms with Crippen molar-refractivity contribution in [2.45, 2.75) is 19.9 Å². The number of nitrogens with two attached hydrogens (primary N) is 1. The molecule has 1 heterocycles. The second-order valence-corrected chi connectivity index (χ2v) is 3.12. The smallest absolute Gasteiger partial charge is 0.244 e. The van der Waals surface area contributed by atoms with Crippen LogP contribution in [-0.2, 0) is 4.79 Å². The first-order valence-electron chi connectivity index (χ1n) is 4.29. The molecule has 0 aliphatic rings. The maximum absolute atomic E-state index is 11.2. The molecule has 0 fully saturated rings. The van der Waals surface area contributed by atoms with E-state index in [-0.39, 0.29) is 24.4 Å². The molecule has 0 spiro atoms. The van der Waals surface area contributed by atoms with E-state index in [1.54, 1.807) is 0 Å². The van der Waals surface area contributed by atoms with Gasteiger partial charge in [0.2, 0.25) is 17.8 Å². The molecule has 1 aromatic rings. The van der Waals surface area contributed by atoms with E-state index >= 15 is 0 Å². The molecule has 0 radical (unpaired) electrons. The van der Waals surface area contributed by atoms with Gasteiger partial charge in [0.15, 0.2) is 0 Å². The molecule has 0 unspecified atom stereocenters. The quantitative estimate of drug-likeness (QED) is 0.512. The molecule has 5 N–H and O–H groups in total. The predicted molar refractivity (Wildman–Crippen MR) is 52.6 cm³/mol. The molecule has 14 heavy (non-hydrogen) atoms. The lowest BCUT2D eigenvalue weighted by Crippen LogP contribution is -2.35. The van der Waals surface area contributed by atoms with E-state index in [4.69, 9.17) is 5.73 Å². The van der Waals surface area contributed by atoms with Crippen molar-refractivity contribution in [3.05, 3.63) is 0 Å². The van der Waals surface area contributed by atoms with Gasteiger partial charge in [-0.2, -0.15) is 4.98 Å². The molecule has 0 bridgehead atoms. The monoisotopic (exact) mass is 198 g/mol. The number of hydrogen-bond acceptors (Lipinski definition) is 5.